The molecule has 1 heterocycles. The molecule has 0 unspecified atom stereocenters. The van der Waals surface area contributed by atoms with E-state index < -0.39 is 28.0 Å². The van der Waals surface area contributed by atoms with Crippen molar-refractivity contribution in [3.63, 3.8) is 0 Å². The van der Waals surface area contributed by atoms with E-state index in [2.05, 4.69) is 4.98 Å². The van der Waals surface area contributed by atoms with Crippen molar-refractivity contribution in [2.24, 2.45) is 0 Å². The molecule has 20 heavy (non-hydrogen) atoms. The maximum atomic E-state index is 13.0. The summed E-state index contributed by atoms with van der Waals surface area (Å²) in [5.41, 5.74) is -2.28. The summed E-state index contributed by atoms with van der Waals surface area (Å²) in [7, 11) is 0. The van der Waals surface area contributed by atoms with Gasteiger partial charge in [0, 0.05) is 24.5 Å². The number of rotatable bonds is 2. The lowest BCUT2D eigenvalue weighted by Crippen LogP contribution is -2.12. The van der Waals surface area contributed by atoms with Crippen LogP contribution in [0, 0.1) is 21.4 Å². The SMILES string of the molecule is N#Cc1nccn1-c1ccc([N+](=O)[O-])cc1C(F)(F)F. The van der Waals surface area contributed by atoms with E-state index in [1.807, 2.05) is 0 Å². The summed E-state index contributed by atoms with van der Waals surface area (Å²) in [6.07, 6.45) is -2.45. The molecule has 0 fully saturated rings. The summed E-state index contributed by atoms with van der Waals surface area (Å²) in [5.74, 6) is -0.246. The number of aromatic nitrogens is 2. The number of alkyl halides is 3. The number of nitrogens with zero attached hydrogens (tertiary/aromatic N) is 4. The van der Waals surface area contributed by atoms with Gasteiger partial charge >= 0.3 is 6.18 Å². The van der Waals surface area contributed by atoms with Crippen molar-refractivity contribution in [1.82, 2.24) is 9.55 Å². The molecule has 0 saturated heterocycles. The Morgan fingerprint density at radius 2 is 2.10 bits per heavy atom. The highest BCUT2D eigenvalue weighted by molar-refractivity contribution is 5.51. The summed E-state index contributed by atoms with van der Waals surface area (Å²) in [5, 5.41) is 19.4. The van der Waals surface area contributed by atoms with Gasteiger partial charge in [-0.15, -0.1) is 0 Å². The van der Waals surface area contributed by atoms with E-state index >= 15 is 0 Å². The van der Waals surface area contributed by atoms with Gasteiger partial charge in [0.25, 0.3) is 5.69 Å². The first-order valence-electron chi connectivity index (χ1n) is 5.14. The first kappa shape index (κ1) is 13.5. The lowest BCUT2D eigenvalue weighted by atomic mass is 10.1. The van der Waals surface area contributed by atoms with Crippen LogP contribution >= 0.6 is 0 Å². The third kappa shape index (κ3) is 2.31. The first-order valence-corrected chi connectivity index (χ1v) is 5.14. The quantitative estimate of drug-likeness (QED) is 0.626. The third-order valence-corrected chi connectivity index (χ3v) is 2.50. The van der Waals surface area contributed by atoms with Crippen molar-refractivity contribution < 1.29 is 18.1 Å². The van der Waals surface area contributed by atoms with Crippen LogP contribution in [0.1, 0.15) is 11.4 Å². The van der Waals surface area contributed by atoms with Crippen LogP contribution < -0.4 is 0 Å². The van der Waals surface area contributed by atoms with Crippen molar-refractivity contribution in [3.05, 3.63) is 52.1 Å². The van der Waals surface area contributed by atoms with E-state index in [0.717, 1.165) is 16.7 Å². The molecule has 0 aliphatic heterocycles. The molecule has 2 aromatic rings. The van der Waals surface area contributed by atoms with Crippen LogP contribution in [0.2, 0.25) is 0 Å². The molecule has 2 rings (SSSR count). The molecule has 0 aliphatic rings. The Morgan fingerprint density at radius 1 is 1.40 bits per heavy atom. The van der Waals surface area contributed by atoms with Gasteiger partial charge in [-0.1, -0.05) is 0 Å². The summed E-state index contributed by atoms with van der Waals surface area (Å²) >= 11 is 0. The Hall–Kier alpha value is -2.89. The molecule has 6 nitrogen and oxygen atoms in total. The molecule has 0 saturated carbocycles. The highest BCUT2D eigenvalue weighted by Crippen LogP contribution is 2.36. The lowest BCUT2D eigenvalue weighted by molar-refractivity contribution is -0.385. The molecule has 0 N–H and O–H groups in total. The van der Waals surface area contributed by atoms with Gasteiger partial charge in [0.1, 0.15) is 6.07 Å². The van der Waals surface area contributed by atoms with Crippen LogP contribution in [-0.4, -0.2) is 14.5 Å². The Morgan fingerprint density at radius 3 is 2.65 bits per heavy atom. The van der Waals surface area contributed by atoms with Crippen LogP contribution in [0.25, 0.3) is 5.69 Å². The monoisotopic (exact) mass is 282 g/mol. The molecule has 9 heteroatoms. The number of nitriles is 1. The predicted molar refractivity (Wildman–Crippen MR) is 59.9 cm³/mol. The smallest absolute Gasteiger partial charge is 0.291 e. The van der Waals surface area contributed by atoms with E-state index in [-0.39, 0.29) is 5.82 Å². The van der Waals surface area contributed by atoms with Crippen LogP contribution in [0.15, 0.2) is 30.6 Å². The maximum absolute atomic E-state index is 13.0. The minimum absolute atomic E-state index is 0.246. The van der Waals surface area contributed by atoms with E-state index in [4.69, 9.17) is 5.26 Å². The summed E-state index contributed by atoms with van der Waals surface area (Å²) in [4.78, 5) is 13.2. The summed E-state index contributed by atoms with van der Waals surface area (Å²) < 4.78 is 39.9. The zero-order valence-electron chi connectivity index (χ0n) is 9.63. The van der Waals surface area contributed by atoms with Crippen molar-refractivity contribution in [3.8, 4) is 11.8 Å². The van der Waals surface area contributed by atoms with Gasteiger partial charge in [-0.25, -0.2) is 4.98 Å². The van der Waals surface area contributed by atoms with Crippen LogP contribution in [0.5, 0.6) is 0 Å². The maximum Gasteiger partial charge on any atom is 0.418 e. The Balaban J connectivity index is 2.71. The van der Waals surface area contributed by atoms with Gasteiger partial charge < -0.3 is 0 Å². The summed E-state index contributed by atoms with van der Waals surface area (Å²) in [6.45, 7) is 0. The second kappa shape index (κ2) is 4.65. The van der Waals surface area contributed by atoms with Crippen LogP contribution in [0.3, 0.4) is 0 Å². The minimum Gasteiger partial charge on any atom is -0.291 e. The predicted octanol–water partition coefficient (Wildman–Crippen LogP) is 2.67. The first-order chi connectivity index (χ1) is 9.34. The van der Waals surface area contributed by atoms with Crippen molar-refractivity contribution in [2.45, 2.75) is 6.18 Å². The van der Waals surface area contributed by atoms with E-state index in [1.54, 1.807) is 6.07 Å². The van der Waals surface area contributed by atoms with Crippen LogP contribution in [0.4, 0.5) is 18.9 Å². The standard InChI is InChI=1S/C11H5F3N4O2/c12-11(13,14)8-5-7(18(19)20)1-2-9(8)17-4-3-16-10(17)6-15/h1-5H. The van der Waals surface area contributed by atoms with Gasteiger partial charge in [-0.3, -0.25) is 14.7 Å². The Bertz CT molecular complexity index is 715. The molecule has 1 aromatic carbocycles. The highest BCUT2D eigenvalue weighted by atomic mass is 19.4. The molecule has 0 amide bonds. The number of hydrogen-bond donors (Lipinski definition) is 0. The third-order valence-electron chi connectivity index (χ3n) is 2.50. The number of hydrogen-bond acceptors (Lipinski definition) is 4. The molecule has 0 aliphatic carbocycles. The normalized spacial score (nSPS) is 11.1. The molecule has 0 radical (unpaired) electrons. The Labute approximate surface area is 109 Å². The number of benzene rings is 1. The molecule has 102 valence electrons. The van der Waals surface area contributed by atoms with E-state index in [9.17, 15) is 23.3 Å². The topological polar surface area (TPSA) is 84.8 Å². The zero-order valence-corrected chi connectivity index (χ0v) is 9.63. The fourth-order valence-corrected chi connectivity index (χ4v) is 1.66. The minimum atomic E-state index is -4.79. The largest absolute Gasteiger partial charge is 0.418 e. The average Bonchev–Trinajstić information content (AvgIpc) is 2.85. The number of halogens is 3. The van der Waals surface area contributed by atoms with Gasteiger partial charge in [0.2, 0.25) is 5.82 Å². The lowest BCUT2D eigenvalue weighted by Gasteiger charge is -2.13. The fraction of sp³-hybridized carbons (Fsp3) is 0.0909. The molecular formula is C11H5F3N4O2. The summed E-state index contributed by atoms with van der Waals surface area (Å²) in [6, 6.07) is 3.94. The zero-order chi connectivity index (χ0) is 14.9. The molecule has 0 bridgehead atoms. The average molecular weight is 282 g/mol. The number of nitro groups is 1. The second-order valence-electron chi connectivity index (χ2n) is 3.69. The van der Waals surface area contributed by atoms with E-state index in [0.29, 0.717) is 6.07 Å². The van der Waals surface area contributed by atoms with E-state index in [1.165, 1.54) is 12.4 Å². The fourth-order valence-electron chi connectivity index (χ4n) is 1.66. The van der Waals surface area contributed by atoms with Gasteiger partial charge in [-0.2, -0.15) is 18.4 Å². The number of imidazole rings is 1. The highest BCUT2D eigenvalue weighted by Gasteiger charge is 2.36. The molecule has 0 spiro atoms. The van der Waals surface area contributed by atoms with Gasteiger partial charge in [0.05, 0.1) is 16.2 Å². The van der Waals surface area contributed by atoms with Crippen LogP contribution in [-0.2, 0) is 6.18 Å². The molecular weight excluding hydrogens is 277 g/mol. The van der Waals surface area contributed by atoms with Crippen molar-refractivity contribution in [2.75, 3.05) is 0 Å². The van der Waals surface area contributed by atoms with Gasteiger partial charge in [-0.05, 0) is 6.07 Å². The second-order valence-corrected chi connectivity index (χ2v) is 3.69. The number of non-ortho nitro benzene ring substituents is 1. The molecule has 0 atom stereocenters. The molecule has 1 aromatic heterocycles. The van der Waals surface area contributed by atoms with Gasteiger partial charge in [0.15, 0.2) is 0 Å². The van der Waals surface area contributed by atoms with Crippen molar-refractivity contribution in [1.29, 1.82) is 5.26 Å². The Kier molecular flexibility index (Phi) is 3.15. The number of nitro benzene ring substituents is 1. The van der Waals surface area contributed by atoms with Crippen molar-refractivity contribution >= 4 is 5.69 Å².